The molecule has 0 aliphatic carbocycles. The van der Waals surface area contributed by atoms with Crippen molar-refractivity contribution < 1.29 is 9.90 Å². The highest BCUT2D eigenvalue weighted by atomic mass is 79.9. The summed E-state index contributed by atoms with van der Waals surface area (Å²) in [6, 6.07) is 3.85. The van der Waals surface area contributed by atoms with Crippen molar-refractivity contribution in [2.75, 3.05) is 13.1 Å². The summed E-state index contributed by atoms with van der Waals surface area (Å²) in [4.78, 5) is 17.5. The van der Waals surface area contributed by atoms with Gasteiger partial charge in [-0.15, -0.1) is 0 Å². The van der Waals surface area contributed by atoms with Crippen LogP contribution in [0.25, 0.3) is 10.9 Å². The summed E-state index contributed by atoms with van der Waals surface area (Å²) in [5.74, 6) is -0.0832. The molecule has 4 nitrogen and oxygen atoms in total. The Kier molecular flexibility index (Phi) is 4.80. The van der Waals surface area contributed by atoms with Gasteiger partial charge in [0, 0.05) is 39.1 Å². The van der Waals surface area contributed by atoms with E-state index in [0.29, 0.717) is 18.7 Å². The standard InChI is InChI=1S/C15H18Br2N2O2/c1-4-19(8-15(2,3)21)14(20)10-7-18-13-6-12(17)11(16)5-9(10)13/h5-7,18,21H,4,8H2,1-3H3. The SMILES string of the molecule is CCN(CC(C)(C)O)C(=O)c1c[nH]c2cc(Br)c(Br)cc12. The van der Waals surface area contributed by atoms with Crippen molar-refractivity contribution in [3.05, 3.63) is 32.8 Å². The number of benzene rings is 1. The normalized spacial score (nSPS) is 11.9. The number of aliphatic hydroxyl groups is 1. The molecule has 0 fully saturated rings. The van der Waals surface area contributed by atoms with Crippen molar-refractivity contribution in [3.8, 4) is 0 Å². The lowest BCUT2D eigenvalue weighted by molar-refractivity contribution is 0.0316. The van der Waals surface area contributed by atoms with Crippen LogP contribution < -0.4 is 0 Å². The minimum atomic E-state index is -0.915. The van der Waals surface area contributed by atoms with Crippen molar-refractivity contribution in [3.63, 3.8) is 0 Å². The van der Waals surface area contributed by atoms with E-state index in [2.05, 4.69) is 36.8 Å². The summed E-state index contributed by atoms with van der Waals surface area (Å²) in [6.45, 7) is 6.16. The van der Waals surface area contributed by atoms with Crippen LogP contribution in [0.1, 0.15) is 31.1 Å². The van der Waals surface area contributed by atoms with Crippen LogP contribution in [0.15, 0.2) is 27.3 Å². The molecule has 6 heteroatoms. The first kappa shape index (κ1) is 16.5. The number of rotatable bonds is 4. The number of hydrogen-bond acceptors (Lipinski definition) is 2. The van der Waals surface area contributed by atoms with Gasteiger partial charge in [-0.25, -0.2) is 0 Å². The monoisotopic (exact) mass is 416 g/mol. The fourth-order valence-electron chi connectivity index (χ4n) is 2.26. The molecule has 0 saturated heterocycles. The van der Waals surface area contributed by atoms with Gasteiger partial charge in [0.15, 0.2) is 0 Å². The lowest BCUT2D eigenvalue weighted by atomic mass is 10.1. The maximum Gasteiger partial charge on any atom is 0.256 e. The topological polar surface area (TPSA) is 56.3 Å². The second-order valence-corrected chi connectivity index (χ2v) is 7.35. The molecule has 114 valence electrons. The average molecular weight is 418 g/mol. The number of nitrogens with zero attached hydrogens (tertiary/aromatic N) is 1. The van der Waals surface area contributed by atoms with Crippen molar-refractivity contribution >= 4 is 48.7 Å². The number of halogens is 2. The van der Waals surface area contributed by atoms with E-state index in [9.17, 15) is 9.90 Å². The van der Waals surface area contributed by atoms with Gasteiger partial charge in [-0.3, -0.25) is 4.79 Å². The number of H-pyrrole nitrogens is 1. The van der Waals surface area contributed by atoms with E-state index < -0.39 is 5.60 Å². The van der Waals surface area contributed by atoms with Gasteiger partial charge in [0.05, 0.1) is 11.2 Å². The van der Waals surface area contributed by atoms with E-state index in [1.807, 2.05) is 19.1 Å². The Hall–Kier alpha value is -0.850. The summed E-state index contributed by atoms with van der Waals surface area (Å²) in [6.07, 6.45) is 1.72. The first-order valence-corrected chi connectivity index (χ1v) is 8.29. The Bertz CT molecular complexity index is 674. The summed E-state index contributed by atoms with van der Waals surface area (Å²) in [5.41, 5.74) is 0.596. The smallest absolute Gasteiger partial charge is 0.256 e. The Morgan fingerprint density at radius 3 is 2.52 bits per heavy atom. The number of fused-ring (bicyclic) bond motifs is 1. The van der Waals surface area contributed by atoms with Crippen LogP contribution in [0.4, 0.5) is 0 Å². The van der Waals surface area contributed by atoms with Gasteiger partial charge in [0.25, 0.3) is 5.91 Å². The molecule has 0 saturated carbocycles. The zero-order valence-electron chi connectivity index (χ0n) is 12.2. The van der Waals surface area contributed by atoms with Gasteiger partial charge in [0.1, 0.15) is 0 Å². The zero-order chi connectivity index (χ0) is 15.8. The third kappa shape index (κ3) is 3.67. The summed E-state index contributed by atoms with van der Waals surface area (Å²) >= 11 is 6.91. The first-order valence-electron chi connectivity index (χ1n) is 6.70. The third-order valence-corrected chi connectivity index (χ3v) is 5.04. The average Bonchev–Trinajstić information content (AvgIpc) is 2.77. The van der Waals surface area contributed by atoms with Crippen LogP contribution in [0.5, 0.6) is 0 Å². The van der Waals surface area contributed by atoms with E-state index >= 15 is 0 Å². The number of likely N-dealkylation sites (N-methyl/N-ethyl adjacent to an activating group) is 1. The molecule has 0 radical (unpaired) electrons. The van der Waals surface area contributed by atoms with Crippen molar-refractivity contribution in [2.24, 2.45) is 0 Å². The Labute approximate surface area is 140 Å². The first-order chi connectivity index (χ1) is 9.73. The second-order valence-electron chi connectivity index (χ2n) is 5.65. The minimum absolute atomic E-state index is 0.0832. The molecule has 0 spiro atoms. The largest absolute Gasteiger partial charge is 0.389 e. The Morgan fingerprint density at radius 2 is 1.95 bits per heavy atom. The molecule has 1 amide bonds. The van der Waals surface area contributed by atoms with Crippen LogP contribution in [-0.2, 0) is 0 Å². The maximum atomic E-state index is 12.7. The molecule has 0 atom stereocenters. The quantitative estimate of drug-likeness (QED) is 0.791. The molecule has 0 aliphatic rings. The van der Waals surface area contributed by atoms with Gasteiger partial charge in [-0.05, 0) is 64.8 Å². The molecular formula is C15H18Br2N2O2. The van der Waals surface area contributed by atoms with Crippen LogP contribution in [0.3, 0.4) is 0 Å². The van der Waals surface area contributed by atoms with E-state index in [0.717, 1.165) is 19.8 Å². The molecular weight excluding hydrogens is 400 g/mol. The van der Waals surface area contributed by atoms with Crippen molar-refractivity contribution in [1.82, 2.24) is 9.88 Å². The number of nitrogens with one attached hydrogen (secondary N) is 1. The van der Waals surface area contributed by atoms with Crippen molar-refractivity contribution in [2.45, 2.75) is 26.4 Å². The lowest BCUT2D eigenvalue weighted by Gasteiger charge is -2.28. The molecule has 21 heavy (non-hydrogen) atoms. The number of carbonyl (C=O) groups excluding carboxylic acids is 1. The maximum absolute atomic E-state index is 12.7. The third-order valence-electron chi connectivity index (χ3n) is 3.20. The molecule has 0 unspecified atom stereocenters. The van der Waals surface area contributed by atoms with Crippen LogP contribution in [0, 0.1) is 0 Å². The summed E-state index contributed by atoms with van der Waals surface area (Å²) in [5, 5.41) is 10.8. The Balaban J connectivity index is 2.41. The van der Waals surface area contributed by atoms with Gasteiger partial charge in [-0.1, -0.05) is 0 Å². The zero-order valence-corrected chi connectivity index (χ0v) is 15.4. The highest BCUT2D eigenvalue weighted by Crippen LogP contribution is 2.30. The number of hydrogen-bond donors (Lipinski definition) is 2. The molecule has 2 N–H and O–H groups in total. The predicted molar refractivity (Wildman–Crippen MR) is 91.6 cm³/mol. The predicted octanol–water partition coefficient (Wildman–Crippen LogP) is 3.93. The van der Waals surface area contributed by atoms with Gasteiger partial charge in [-0.2, -0.15) is 0 Å². The molecule has 0 bridgehead atoms. The summed E-state index contributed by atoms with van der Waals surface area (Å²) in [7, 11) is 0. The number of aromatic amines is 1. The van der Waals surface area contributed by atoms with Crippen molar-refractivity contribution in [1.29, 1.82) is 0 Å². The van der Waals surface area contributed by atoms with E-state index in [-0.39, 0.29) is 5.91 Å². The minimum Gasteiger partial charge on any atom is -0.389 e. The molecule has 2 rings (SSSR count). The van der Waals surface area contributed by atoms with Crippen LogP contribution >= 0.6 is 31.9 Å². The highest BCUT2D eigenvalue weighted by Gasteiger charge is 2.24. The number of amides is 1. The molecule has 1 aromatic carbocycles. The fraction of sp³-hybridized carbons (Fsp3) is 0.400. The summed E-state index contributed by atoms with van der Waals surface area (Å²) < 4.78 is 1.83. The molecule has 1 heterocycles. The van der Waals surface area contributed by atoms with Crippen LogP contribution in [-0.4, -0.2) is 39.6 Å². The number of carbonyl (C=O) groups is 1. The van der Waals surface area contributed by atoms with Gasteiger partial charge in [0.2, 0.25) is 0 Å². The van der Waals surface area contributed by atoms with E-state index in [1.54, 1.807) is 24.9 Å². The molecule has 0 aliphatic heterocycles. The van der Waals surface area contributed by atoms with Gasteiger partial charge < -0.3 is 15.0 Å². The number of aromatic nitrogens is 1. The Morgan fingerprint density at radius 1 is 1.33 bits per heavy atom. The fourth-order valence-corrected chi connectivity index (χ4v) is 2.95. The van der Waals surface area contributed by atoms with E-state index in [1.165, 1.54) is 0 Å². The van der Waals surface area contributed by atoms with Gasteiger partial charge >= 0.3 is 0 Å². The molecule has 2 aromatic rings. The highest BCUT2D eigenvalue weighted by molar-refractivity contribution is 9.13. The second kappa shape index (κ2) is 6.10. The van der Waals surface area contributed by atoms with E-state index in [4.69, 9.17) is 0 Å². The van der Waals surface area contributed by atoms with Crippen LogP contribution in [0.2, 0.25) is 0 Å². The lowest BCUT2D eigenvalue weighted by Crippen LogP contribution is -2.42. The molecule has 1 aromatic heterocycles.